The number of ketones is 1. The average Bonchev–Trinajstić information content (AvgIpc) is 1.84. The van der Waals surface area contributed by atoms with Crippen LogP contribution in [0.3, 0.4) is 0 Å². The maximum Gasteiger partial charge on any atom is 0.245 e. The second kappa shape index (κ2) is 3.45. The molecule has 0 aliphatic carbocycles. The Morgan fingerprint density at radius 3 is 2.11 bits per heavy atom. The molecule has 0 aliphatic rings. The third kappa shape index (κ3) is 2.46. The van der Waals surface area contributed by atoms with E-state index in [4.69, 9.17) is 11.6 Å². The lowest BCUT2D eigenvalue weighted by molar-refractivity contribution is -0.126. The molecular weight excluding hydrogens is 142 g/mol. The van der Waals surface area contributed by atoms with Crippen molar-refractivity contribution in [2.75, 3.05) is 7.05 Å². The number of Topliss-reactive ketones (excluding diaryl/α,β-unsaturated/α-hetero) is 1. The Balaban J connectivity index is 3.88. The van der Waals surface area contributed by atoms with Gasteiger partial charge >= 0.3 is 0 Å². The van der Waals surface area contributed by atoms with Gasteiger partial charge in [-0.2, -0.15) is 0 Å². The van der Waals surface area contributed by atoms with Crippen molar-refractivity contribution in [3.8, 4) is 0 Å². The summed E-state index contributed by atoms with van der Waals surface area (Å²) in [6.07, 6.45) is 0. The van der Waals surface area contributed by atoms with E-state index >= 15 is 0 Å². The first-order valence-corrected chi connectivity index (χ1v) is 2.89. The van der Waals surface area contributed by atoms with Gasteiger partial charge in [0, 0.05) is 7.05 Å². The van der Waals surface area contributed by atoms with Gasteiger partial charge in [-0.3, -0.25) is 9.59 Å². The van der Waals surface area contributed by atoms with Gasteiger partial charge in [0.2, 0.25) is 5.91 Å². The minimum Gasteiger partial charge on any atom is -0.357 e. The molecule has 0 heterocycles. The van der Waals surface area contributed by atoms with Crippen LogP contribution < -0.4 is 5.32 Å². The van der Waals surface area contributed by atoms with Gasteiger partial charge in [-0.1, -0.05) is 0 Å². The van der Waals surface area contributed by atoms with Crippen molar-refractivity contribution in [2.24, 2.45) is 0 Å². The van der Waals surface area contributed by atoms with Crippen LogP contribution in [0.1, 0.15) is 6.92 Å². The molecule has 0 radical (unpaired) electrons. The Bertz CT molecular complexity index is 135. The number of alkyl halides is 1. The SMILES string of the molecule is CNC(=O)[C@H](Cl)C(C)=O. The van der Waals surface area contributed by atoms with Gasteiger partial charge in [0.1, 0.15) is 0 Å². The molecule has 0 saturated heterocycles. The number of rotatable bonds is 2. The molecule has 1 amide bonds. The fourth-order valence-corrected chi connectivity index (χ4v) is 0.420. The molecule has 1 atom stereocenters. The molecule has 0 aromatic rings. The van der Waals surface area contributed by atoms with Crippen LogP contribution in [0.4, 0.5) is 0 Å². The van der Waals surface area contributed by atoms with E-state index < -0.39 is 11.3 Å². The highest BCUT2D eigenvalue weighted by Crippen LogP contribution is 1.95. The van der Waals surface area contributed by atoms with E-state index in [2.05, 4.69) is 5.32 Å². The predicted molar refractivity (Wildman–Crippen MR) is 34.4 cm³/mol. The summed E-state index contributed by atoms with van der Waals surface area (Å²) in [4.78, 5) is 20.8. The molecule has 0 spiro atoms. The number of amides is 1. The minimum absolute atomic E-state index is 0.337. The molecule has 0 saturated carbocycles. The number of carbonyl (C=O) groups is 2. The Labute approximate surface area is 58.4 Å². The Hall–Kier alpha value is -0.570. The third-order valence-electron chi connectivity index (χ3n) is 0.834. The molecule has 4 heteroatoms. The average molecular weight is 150 g/mol. The number of halogens is 1. The van der Waals surface area contributed by atoms with Crippen molar-refractivity contribution in [2.45, 2.75) is 12.3 Å². The van der Waals surface area contributed by atoms with E-state index in [1.54, 1.807) is 0 Å². The zero-order chi connectivity index (χ0) is 7.44. The van der Waals surface area contributed by atoms with Crippen molar-refractivity contribution >= 4 is 23.3 Å². The summed E-state index contributed by atoms with van der Waals surface area (Å²) < 4.78 is 0. The van der Waals surface area contributed by atoms with Gasteiger partial charge in [-0.05, 0) is 6.92 Å². The Kier molecular flexibility index (Phi) is 3.24. The monoisotopic (exact) mass is 149 g/mol. The topological polar surface area (TPSA) is 46.2 Å². The Morgan fingerprint density at radius 2 is 2.00 bits per heavy atom. The van der Waals surface area contributed by atoms with Gasteiger partial charge in [-0.15, -0.1) is 11.6 Å². The maximum atomic E-state index is 10.5. The Morgan fingerprint density at radius 1 is 1.56 bits per heavy atom. The van der Waals surface area contributed by atoms with Crippen molar-refractivity contribution in [3.05, 3.63) is 0 Å². The van der Waals surface area contributed by atoms with E-state index in [0.29, 0.717) is 0 Å². The summed E-state index contributed by atoms with van der Waals surface area (Å²) in [7, 11) is 1.43. The molecule has 0 rings (SSSR count). The molecule has 9 heavy (non-hydrogen) atoms. The maximum absolute atomic E-state index is 10.5. The first-order valence-electron chi connectivity index (χ1n) is 2.45. The number of nitrogens with one attached hydrogen (secondary N) is 1. The molecule has 0 aromatic carbocycles. The summed E-state index contributed by atoms with van der Waals surface area (Å²) in [6.45, 7) is 1.27. The van der Waals surface area contributed by atoms with Crippen molar-refractivity contribution in [1.29, 1.82) is 0 Å². The quantitative estimate of drug-likeness (QED) is 0.441. The highest BCUT2D eigenvalue weighted by atomic mass is 35.5. The van der Waals surface area contributed by atoms with Crippen LogP contribution >= 0.6 is 11.6 Å². The number of carbonyl (C=O) groups excluding carboxylic acids is 2. The lowest BCUT2D eigenvalue weighted by Crippen LogP contribution is -2.32. The molecule has 0 bridgehead atoms. The van der Waals surface area contributed by atoms with E-state index in [9.17, 15) is 9.59 Å². The number of hydrogen-bond donors (Lipinski definition) is 1. The molecular formula is C5H8ClNO2. The second-order valence-corrected chi connectivity index (χ2v) is 2.02. The van der Waals surface area contributed by atoms with Crippen molar-refractivity contribution in [1.82, 2.24) is 5.32 Å². The van der Waals surface area contributed by atoms with Crippen LogP contribution in [-0.2, 0) is 9.59 Å². The zero-order valence-electron chi connectivity index (χ0n) is 5.27. The van der Waals surface area contributed by atoms with Gasteiger partial charge in [0.05, 0.1) is 0 Å². The second-order valence-electron chi connectivity index (χ2n) is 1.59. The van der Waals surface area contributed by atoms with E-state index in [-0.39, 0.29) is 5.78 Å². The van der Waals surface area contributed by atoms with Crippen LogP contribution in [0.2, 0.25) is 0 Å². The lowest BCUT2D eigenvalue weighted by Gasteiger charge is -2.00. The standard InChI is InChI=1S/C5H8ClNO2/c1-3(8)4(6)5(9)7-2/h4H,1-2H3,(H,7,9)/t4-/m1/s1. The van der Waals surface area contributed by atoms with Crippen LogP contribution in [-0.4, -0.2) is 24.1 Å². The summed E-state index contributed by atoms with van der Waals surface area (Å²) in [5.74, 6) is -0.791. The van der Waals surface area contributed by atoms with Gasteiger partial charge in [-0.25, -0.2) is 0 Å². The smallest absolute Gasteiger partial charge is 0.245 e. The largest absolute Gasteiger partial charge is 0.357 e. The summed E-state index contributed by atoms with van der Waals surface area (Å²) >= 11 is 5.30. The van der Waals surface area contributed by atoms with Crippen molar-refractivity contribution < 1.29 is 9.59 Å². The molecule has 0 fully saturated rings. The van der Waals surface area contributed by atoms with Crippen molar-refractivity contribution in [3.63, 3.8) is 0 Å². The van der Waals surface area contributed by atoms with Crippen LogP contribution in [0.5, 0.6) is 0 Å². The van der Waals surface area contributed by atoms with Gasteiger partial charge < -0.3 is 5.32 Å². The zero-order valence-corrected chi connectivity index (χ0v) is 6.03. The van der Waals surface area contributed by atoms with Gasteiger partial charge in [0.15, 0.2) is 11.2 Å². The fraction of sp³-hybridized carbons (Fsp3) is 0.600. The molecule has 3 nitrogen and oxygen atoms in total. The first-order chi connectivity index (χ1) is 4.09. The summed E-state index contributed by atoms with van der Waals surface area (Å²) in [5.41, 5.74) is 0. The van der Waals surface area contributed by atoms with Crippen LogP contribution in [0.15, 0.2) is 0 Å². The van der Waals surface area contributed by atoms with Crippen LogP contribution in [0.25, 0.3) is 0 Å². The molecule has 1 N–H and O–H groups in total. The number of hydrogen-bond acceptors (Lipinski definition) is 2. The normalized spacial score (nSPS) is 12.3. The highest BCUT2D eigenvalue weighted by molar-refractivity contribution is 6.41. The van der Waals surface area contributed by atoms with Crippen LogP contribution in [0, 0.1) is 0 Å². The lowest BCUT2D eigenvalue weighted by atomic mass is 10.3. The molecule has 0 aliphatic heterocycles. The van der Waals surface area contributed by atoms with E-state index in [1.165, 1.54) is 14.0 Å². The van der Waals surface area contributed by atoms with Gasteiger partial charge in [0.25, 0.3) is 0 Å². The first kappa shape index (κ1) is 8.43. The third-order valence-corrected chi connectivity index (χ3v) is 1.34. The molecule has 0 aromatic heterocycles. The molecule has 0 unspecified atom stereocenters. The predicted octanol–water partition coefficient (Wildman–Crippen LogP) is -0.0712. The minimum atomic E-state index is -1.03. The molecule has 52 valence electrons. The summed E-state index contributed by atoms with van der Waals surface area (Å²) in [6, 6.07) is 0. The highest BCUT2D eigenvalue weighted by Gasteiger charge is 2.17. The van der Waals surface area contributed by atoms with E-state index in [1.807, 2.05) is 0 Å². The fourth-order valence-electron chi connectivity index (χ4n) is 0.311. The summed E-state index contributed by atoms with van der Waals surface area (Å²) in [5, 5.41) is 1.22. The van der Waals surface area contributed by atoms with E-state index in [0.717, 1.165) is 0 Å².